The predicted octanol–water partition coefficient (Wildman–Crippen LogP) is 2.01. The van der Waals surface area contributed by atoms with Crippen LogP contribution in [0.5, 0.6) is 0 Å². The largest absolute Gasteiger partial charge is 0.460 e. The quantitative estimate of drug-likeness (QED) is 0.853. The molecule has 0 saturated carbocycles. The number of hydrogen-bond donors (Lipinski definition) is 1. The number of esters is 1. The van der Waals surface area contributed by atoms with Crippen LogP contribution < -0.4 is 5.73 Å². The molecule has 0 radical (unpaired) electrons. The van der Waals surface area contributed by atoms with Crippen LogP contribution in [0.4, 0.5) is 0 Å². The van der Waals surface area contributed by atoms with E-state index >= 15 is 0 Å². The summed E-state index contributed by atoms with van der Waals surface area (Å²) in [5, 5.41) is 0. The molecule has 1 aromatic carbocycles. The molecule has 2 N–H and O–H groups in total. The third-order valence-corrected chi connectivity index (χ3v) is 2.83. The van der Waals surface area contributed by atoms with Crippen LogP contribution in [0.2, 0.25) is 0 Å². The average molecular weight is 272 g/mol. The van der Waals surface area contributed by atoms with Crippen LogP contribution in [-0.4, -0.2) is 12.5 Å². The summed E-state index contributed by atoms with van der Waals surface area (Å²) in [4.78, 5) is 10.9. The van der Waals surface area contributed by atoms with Crippen molar-refractivity contribution in [1.29, 1.82) is 0 Å². The first-order valence-electron chi connectivity index (χ1n) is 4.80. The van der Waals surface area contributed by atoms with Crippen LogP contribution in [0.3, 0.4) is 0 Å². The summed E-state index contributed by atoms with van der Waals surface area (Å²) in [6, 6.07) is 5.91. The molecule has 0 unspecified atom stereocenters. The molecule has 15 heavy (non-hydrogen) atoms. The van der Waals surface area contributed by atoms with Gasteiger partial charge in [-0.1, -0.05) is 35.0 Å². The molecule has 1 aromatic rings. The summed E-state index contributed by atoms with van der Waals surface area (Å²) in [6.45, 7) is 2.29. The van der Waals surface area contributed by atoms with Crippen LogP contribution in [0, 0.1) is 0 Å². The third-order valence-electron chi connectivity index (χ3n) is 2.06. The van der Waals surface area contributed by atoms with Gasteiger partial charge in [-0.25, -0.2) is 0 Å². The Labute approximate surface area is 97.7 Å². The Kier molecular flexibility index (Phi) is 4.78. The number of carbonyl (C=O) groups excluding carboxylic acids is 1. The zero-order chi connectivity index (χ0) is 11.3. The van der Waals surface area contributed by atoms with E-state index in [4.69, 9.17) is 10.5 Å². The van der Waals surface area contributed by atoms with Crippen LogP contribution in [0.25, 0.3) is 0 Å². The van der Waals surface area contributed by atoms with Crippen LogP contribution in [-0.2, 0) is 22.6 Å². The van der Waals surface area contributed by atoms with Gasteiger partial charge >= 0.3 is 5.97 Å². The van der Waals surface area contributed by atoms with Gasteiger partial charge < -0.3 is 10.5 Å². The normalized spacial score (nSPS) is 10.1. The van der Waals surface area contributed by atoms with Gasteiger partial charge in [0.25, 0.3) is 0 Å². The predicted molar refractivity (Wildman–Crippen MR) is 62.4 cm³/mol. The van der Waals surface area contributed by atoms with Gasteiger partial charge in [0.1, 0.15) is 6.61 Å². The molecule has 1 rings (SSSR count). The summed E-state index contributed by atoms with van der Waals surface area (Å²) in [5.74, 6) is -0.379. The molecule has 0 bridgehead atoms. The van der Waals surface area contributed by atoms with Gasteiger partial charge in [-0.2, -0.15) is 0 Å². The van der Waals surface area contributed by atoms with Crippen molar-refractivity contribution in [3.8, 4) is 0 Å². The number of halogens is 1. The minimum absolute atomic E-state index is 0.0723. The van der Waals surface area contributed by atoms with Gasteiger partial charge in [-0.05, 0) is 23.6 Å². The van der Waals surface area contributed by atoms with Crippen LogP contribution in [0.1, 0.15) is 18.1 Å². The van der Waals surface area contributed by atoms with E-state index in [-0.39, 0.29) is 19.1 Å². The van der Waals surface area contributed by atoms with Gasteiger partial charge in [0.05, 0.1) is 6.54 Å². The van der Waals surface area contributed by atoms with Crippen LogP contribution >= 0.6 is 15.9 Å². The van der Waals surface area contributed by atoms with Gasteiger partial charge in [0, 0.05) is 4.47 Å². The Balaban J connectivity index is 2.66. The lowest BCUT2D eigenvalue weighted by molar-refractivity contribution is -0.143. The summed E-state index contributed by atoms with van der Waals surface area (Å²) in [5.41, 5.74) is 7.32. The molecule has 0 atom stereocenters. The number of nitrogens with two attached hydrogens (primary N) is 1. The lowest BCUT2D eigenvalue weighted by atomic mass is 10.1. The zero-order valence-corrected chi connectivity index (χ0v) is 10.2. The van der Waals surface area contributed by atoms with Crippen LogP contribution in [0.15, 0.2) is 22.7 Å². The number of carbonyl (C=O) groups is 1. The highest BCUT2D eigenvalue weighted by atomic mass is 79.9. The maximum Gasteiger partial charge on any atom is 0.320 e. The first-order valence-corrected chi connectivity index (χ1v) is 5.59. The lowest BCUT2D eigenvalue weighted by Gasteiger charge is -2.06. The molecule has 82 valence electrons. The molecule has 0 fully saturated rings. The van der Waals surface area contributed by atoms with E-state index in [0.717, 1.165) is 16.5 Å². The van der Waals surface area contributed by atoms with E-state index in [0.29, 0.717) is 0 Å². The van der Waals surface area contributed by atoms with E-state index in [1.165, 1.54) is 5.56 Å². The molecule has 3 nitrogen and oxygen atoms in total. The Morgan fingerprint density at radius 3 is 2.87 bits per heavy atom. The SMILES string of the molecule is CCc1cc(COC(=O)CN)ccc1Br. The molecule has 4 heteroatoms. The Hall–Kier alpha value is -0.870. The van der Waals surface area contributed by atoms with Crippen molar-refractivity contribution in [2.45, 2.75) is 20.0 Å². The van der Waals surface area contributed by atoms with Gasteiger partial charge in [0.2, 0.25) is 0 Å². The standard InChI is InChI=1S/C11H14BrNO2/c1-2-9-5-8(3-4-10(9)12)7-15-11(14)6-13/h3-5H,2,6-7,13H2,1H3. The second kappa shape index (κ2) is 5.88. The van der Waals surface area contributed by atoms with Gasteiger partial charge in [0.15, 0.2) is 0 Å². The molecule has 0 saturated heterocycles. The molecule has 0 spiro atoms. The molecular weight excluding hydrogens is 258 g/mol. The second-order valence-electron chi connectivity index (χ2n) is 3.14. The number of rotatable bonds is 4. The fraction of sp³-hybridized carbons (Fsp3) is 0.364. The monoisotopic (exact) mass is 271 g/mol. The van der Waals surface area contributed by atoms with E-state index in [1.807, 2.05) is 18.2 Å². The highest BCUT2D eigenvalue weighted by Crippen LogP contribution is 2.19. The minimum Gasteiger partial charge on any atom is -0.460 e. The molecule has 0 aliphatic heterocycles. The molecule has 0 aromatic heterocycles. The third kappa shape index (κ3) is 3.64. The topological polar surface area (TPSA) is 52.3 Å². The molecule has 0 heterocycles. The van der Waals surface area contributed by atoms with Crippen molar-refractivity contribution in [2.24, 2.45) is 5.73 Å². The molecule has 0 aliphatic carbocycles. The summed E-state index contributed by atoms with van der Waals surface area (Å²) in [6.07, 6.45) is 0.944. The smallest absolute Gasteiger partial charge is 0.320 e. The first-order chi connectivity index (χ1) is 7.17. The first kappa shape index (κ1) is 12.2. The van der Waals surface area contributed by atoms with Crippen molar-refractivity contribution in [2.75, 3.05) is 6.54 Å². The highest BCUT2D eigenvalue weighted by molar-refractivity contribution is 9.10. The molecule has 0 aliphatic rings. The molecular formula is C11H14BrNO2. The number of ether oxygens (including phenoxy) is 1. The van der Waals surface area contributed by atoms with E-state index in [1.54, 1.807) is 0 Å². The number of aryl methyl sites for hydroxylation is 1. The summed E-state index contributed by atoms with van der Waals surface area (Å²) >= 11 is 3.46. The minimum atomic E-state index is -0.379. The lowest BCUT2D eigenvalue weighted by Crippen LogP contribution is -2.16. The number of hydrogen-bond acceptors (Lipinski definition) is 3. The Morgan fingerprint density at radius 2 is 2.27 bits per heavy atom. The van der Waals surface area contributed by atoms with Crippen molar-refractivity contribution < 1.29 is 9.53 Å². The fourth-order valence-corrected chi connectivity index (χ4v) is 1.74. The summed E-state index contributed by atoms with van der Waals surface area (Å²) in [7, 11) is 0. The number of benzene rings is 1. The fourth-order valence-electron chi connectivity index (χ4n) is 1.21. The second-order valence-corrected chi connectivity index (χ2v) is 4.00. The average Bonchev–Trinajstić information content (AvgIpc) is 2.27. The maximum atomic E-state index is 10.9. The van der Waals surface area contributed by atoms with Crippen molar-refractivity contribution in [3.05, 3.63) is 33.8 Å². The van der Waals surface area contributed by atoms with E-state index in [9.17, 15) is 4.79 Å². The van der Waals surface area contributed by atoms with Gasteiger partial charge in [-0.3, -0.25) is 4.79 Å². The summed E-state index contributed by atoms with van der Waals surface area (Å²) < 4.78 is 6.02. The van der Waals surface area contributed by atoms with Crippen molar-refractivity contribution in [1.82, 2.24) is 0 Å². The van der Waals surface area contributed by atoms with Gasteiger partial charge in [-0.15, -0.1) is 0 Å². The maximum absolute atomic E-state index is 10.9. The highest BCUT2D eigenvalue weighted by Gasteiger charge is 2.02. The zero-order valence-electron chi connectivity index (χ0n) is 8.63. The van der Waals surface area contributed by atoms with E-state index in [2.05, 4.69) is 22.9 Å². The van der Waals surface area contributed by atoms with E-state index < -0.39 is 0 Å². The molecule has 0 amide bonds. The Morgan fingerprint density at radius 1 is 1.53 bits per heavy atom. The van der Waals surface area contributed by atoms with Crippen molar-refractivity contribution >= 4 is 21.9 Å². The Bertz CT molecular complexity index is 352. The van der Waals surface area contributed by atoms with Crippen molar-refractivity contribution in [3.63, 3.8) is 0 Å².